The van der Waals surface area contributed by atoms with Crippen molar-refractivity contribution in [3.63, 3.8) is 0 Å². The molecule has 0 unspecified atom stereocenters. The molecule has 2 aromatic rings. The number of hydrogen-bond donors (Lipinski definition) is 0. The lowest BCUT2D eigenvalue weighted by Crippen LogP contribution is -2.03. The van der Waals surface area contributed by atoms with Crippen LogP contribution in [0.3, 0.4) is 0 Å². The summed E-state index contributed by atoms with van der Waals surface area (Å²) in [4.78, 5) is 15.4. The molecule has 0 bridgehead atoms. The molecule has 0 aliphatic carbocycles. The molecular formula is C13H13ClN2O. The first-order valence-electron chi connectivity index (χ1n) is 5.54. The Labute approximate surface area is 105 Å². The topological polar surface area (TPSA) is 34.9 Å². The lowest BCUT2D eigenvalue weighted by atomic mass is 10.2. The van der Waals surface area contributed by atoms with Crippen LogP contribution in [-0.2, 0) is 6.42 Å². The number of halogens is 1. The normalized spacial score (nSPS) is 10.5. The lowest BCUT2D eigenvalue weighted by Gasteiger charge is -2.10. The summed E-state index contributed by atoms with van der Waals surface area (Å²) in [5.74, 6) is 0.942. The average molecular weight is 249 g/mol. The Hall–Kier alpha value is -1.61. The van der Waals surface area contributed by atoms with Crippen molar-refractivity contribution in [2.24, 2.45) is 0 Å². The van der Waals surface area contributed by atoms with Crippen molar-refractivity contribution in [2.75, 3.05) is 0 Å². The third-order valence-electron chi connectivity index (χ3n) is 2.60. The number of carbonyl (C=O) groups excluding carboxylic acids is 1. The summed E-state index contributed by atoms with van der Waals surface area (Å²) < 4.78 is 1.92. The van der Waals surface area contributed by atoms with Gasteiger partial charge in [-0.05, 0) is 18.6 Å². The highest BCUT2D eigenvalue weighted by Gasteiger charge is 2.10. The predicted octanol–water partition coefficient (Wildman–Crippen LogP) is 3.29. The van der Waals surface area contributed by atoms with E-state index >= 15 is 0 Å². The summed E-state index contributed by atoms with van der Waals surface area (Å²) >= 11 is 6.01. The molecular weight excluding hydrogens is 236 g/mol. The zero-order valence-corrected chi connectivity index (χ0v) is 10.3. The van der Waals surface area contributed by atoms with E-state index in [9.17, 15) is 4.79 Å². The number of nitrogens with zero attached hydrogens (tertiary/aromatic N) is 2. The minimum atomic E-state index is 0.466. The minimum Gasteiger partial charge on any atom is -0.303 e. The number of aldehydes is 1. The molecule has 0 aliphatic rings. The van der Waals surface area contributed by atoms with Gasteiger partial charge in [0.25, 0.3) is 0 Å². The van der Waals surface area contributed by atoms with Crippen molar-refractivity contribution < 1.29 is 4.79 Å². The molecule has 0 atom stereocenters. The van der Waals surface area contributed by atoms with E-state index in [1.807, 2.05) is 22.9 Å². The number of aromatic nitrogens is 2. The molecule has 1 aromatic carbocycles. The van der Waals surface area contributed by atoms with Gasteiger partial charge in [0.15, 0.2) is 6.29 Å². The van der Waals surface area contributed by atoms with Crippen LogP contribution >= 0.6 is 11.6 Å². The zero-order chi connectivity index (χ0) is 12.3. The number of carbonyl (C=O) groups is 1. The Bertz CT molecular complexity index is 534. The van der Waals surface area contributed by atoms with E-state index in [0.717, 1.165) is 30.6 Å². The first kappa shape index (κ1) is 11.9. The van der Waals surface area contributed by atoms with Crippen molar-refractivity contribution in [3.05, 3.63) is 47.0 Å². The summed E-state index contributed by atoms with van der Waals surface area (Å²) in [7, 11) is 0. The molecule has 0 N–H and O–H groups in total. The van der Waals surface area contributed by atoms with Crippen LogP contribution in [0.25, 0.3) is 5.69 Å². The number of hydrogen-bond acceptors (Lipinski definition) is 2. The highest BCUT2D eigenvalue weighted by molar-refractivity contribution is 6.33. The zero-order valence-electron chi connectivity index (χ0n) is 9.56. The Kier molecular flexibility index (Phi) is 3.59. The maximum absolute atomic E-state index is 11.1. The maximum Gasteiger partial charge on any atom is 0.153 e. The molecule has 17 heavy (non-hydrogen) atoms. The van der Waals surface area contributed by atoms with E-state index < -0.39 is 0 Å². The molecule has 0 amide bonds. The van der Waals surface area contributed by atoms with Crippen LogP contribution in [0.15, 0.2) is 30.6 Å². The van der Waals surface area contributed by atoms with Crippen LogP contribution in [0.1, 0.15) is 29.5 Å². The fraction of sp³-hybridized carbons (Fsp3) is 0.231. The Morgan fingerprint density at radius 3 is 3.00 bits per heavy atom. The second kappa shape index (κ2) is 5.15. The monoisotopic (exact) mass is 248 g/mol. The lowest BCUT2D eigenvalue weighted by molar-refractivity contribution is 0.112. The quantitative estimate of drug-likeness (QED) is 0.779. The van der Waals surface area contributed by atoms with Gasteiger partial charge < -0.3 is 4.57 Å². The summed E-state index contributed by atoms with van der Waals surface area (Å²) in [6.07, 6.45) is 6.25. The van der Waals surface area contributed by atoms with Gasteiger partial charge in [0, 0.05) is 18.8 Å². The van der Waals surface area contributed by atoms with E-state index in [1.54, 1.807) is 12.3 Å². The van der Waals surface area contributed by atoms with Gasteiger partial charge in [-0.2, -0.15) is 0 Å². The van der Waals surface area contributed by atoms with Crippen molar-refractivity contribution in [2.45, 2.75) is 19.8 Å². The third kappa shape index (κ3) is 2.24. The van der Waals surface area contributed by atoms with Gasteiger partial charge >= 0.3 is 0 Å². The Balaban J connectivity index is 2.56. The van der Waals surface area contributed by atoms with Gasteiger partial charge in [0.1, 0.15) is 5.82 Å². The second-order valence-electron chi connectivity index (χ2n) is 3.75. The maximum atomic E-state index is 11.1. The average Bonchev–Trinajstić information content (AvgIpc) is 2.77. The van der Waals surface area contributed by atoms with E-state index in [2.05, 4.69) is 11.9 Å². The van der Waals surface area contributed by atoms with Crippen molar-refractivity contribution >= 4 is 17.9 Å². The highest BCUT2D eigenvalue weighted by atomic mass is 35.5. The molecule has 0 radical (unpaired) electrons. The molecule has 0 fully saturated rings. The fourth-order valence-electron chi connectivity index (χ4n) is 1.81. The van der Waals surface area contributed by atoms with E-state index in [-0.39, 0.29) is 0 Å². The van der Waals surface area contributed by atoms with Gasteiger partial charge in [-0.25, -0.2) is 4.98 Å². The van der Waals surface area contributed by atoms with Gasteiger partial charge in [-0.3, -0.25) is 4.79 Å². The third-order valence-corrected chi connectivity index (χ3v) is 2.93. The second-order valence-corrected chi connectivity index (χ2v) is 4.16. The molecule has 4 heteroatoms. The van der Waals surface area contributed by atoms with Crippen molar-refractivity contribution in [3.8, 4) is 5.69 Å². The van der Waals surface area contributed by atoms with Crippen LogP contribution < -0.4 is 0 Å². The summed E-state index contributed by atoms with van der Waals surface area (Å²) in [5.41, 5.74) is 1.29. The molecule has 1 heterocycles. The Morgan fingerprint density at radius 2 is 2.29 bits per heavy atom. The van der Waals surface area contributed by atoms with Crippen molar-refractivity contribution in [1.82, 2.24) is 9.55 Å². The molecule has 2 rings (SSSR count). The van der Waals surface area contributed by atoms with E-state index in [1.165, 1.54) is 0 Å². The van der Waals surface area contributed by atoms with Crippen molar-refractivity contribution in [1.29, 1.82) is 0 Å². The van der Waals surface area contributed by atoms with Crippen LogP contribution in [-0.4, -0.2) is 15.8 Å². The predicted molar refractivity (Wildman–Crippen MR) is 68.0 cm³/mol. The largest absolute Gasteiger partial charge is 0.303 e. The fourth-order valence-corrected chi connectivity index (χ4v) is 2.03. The van der Waals surface area contributed by atoms with Gasteiger partial charge in [-0.15, -0.1) is 0 Å². The van der Waals surface area contributed by atoms with Gasteiger partial charge in [0.2, 0.25) is 0 Å². The SMILES string of the molecule is CCCc1nccn1-c1cccc(Cl)c1C=O. The molecule has 88 valence electrons. The first-order valence-corrected chi connectivity index (χ1v) is 5.92. The number of rotatable bonds is 4. The van der Waals surface area contributed by atoms with Gasteiger partial charge in [-0.1, -0.05) is 24.6 Å². The Morgan fingerprint density at radius 1 is 1.47 bits per heavy atom. The smallest absolute Gasteiger partial charge is 0.153 e. The standard InChI is InChI=1S/C13H13ClN2O/c1-2-4-13-15-7-8-16(13)12-6-3-5-11(14)10(12)9-17/h3,5-9H,2,4H2,1H3. The number of aryl methyl sites for hydroxylation is 1. The number of imidazole rings is 1. The molecule has 0 saturated carbocycles. The summed E-state index contributed by atoms with van der Waals surface area (Å²) in [6.45, 7) is 2.09. The minimum absolute atomic E-state index is 0.466. The van der Waals surface area contributed by atoms with E-state index in [4.69, 9.17) is 11.6 Å². The van der Waals surface area contributed by atoms with E-state index in [0.29, 0.717) is 10.6 Å². The van der Waals surface area contributed by atoms with Crippen LogP contribution in [0.5, 0.6) is 0 Å². The summed E-state index contributed by atoms with van der Waals surface area (Å²) in [6, 6.07) is 5.42. The van der Waals surface area contributed by atoms with Crippen LogP contribution in [0.4, 0.5) is 0 Å². The first-order chi connectivity index (χ1) is 8.27. The molecule has 3 nitrogen and oxygen atoms in total. The van der Waals surface area contributed by atoms with Crippen LogP contribution in [0, 0.1) is 0 Å². The highest BCUT2D eigenvalue weighted by Crippen LogP contribution is 2.22. The molecule has 0 saturated heterocycles. The molecule has 1 aromatic heterocycles. The van der Waals surface area contributed by atoms with Crippen LogP contribution in [0.2, 0.25) is 5.02 Å². The molecule has 0 spiro atoms. The molecule has 0 aliphatic heterocycles. The number of benzene rings is 1. The summed E-state index contributed by atoms with van der Waals surface area (Å²) in [5, 5.41) is 0.466. The van der Waals surface area contributed by atoms with Gasteiger partial charge in [0.05, 0.1) is 16.3 Å².